The highest BCUT2D eigenvalue weighted by Gasteiger charge is 2.26. The van der Waals surface area contributed by atoms with Crippen LogP contribution in [0.5, 0.6) is 0 Å². The molecule has 30 heavy (non-hydrogen) atoms. The lowest BCUT2D eigenvalue weighted by atomic mass is 9.77. The van der Waals surface area contributed by atoms with Crippen molar-refractivity contribution in [2.24, 2.45) is 5.92 Å². The molecular weight excluding hydrogens is 382 g/mol. The molecule has 1 aliphatic rings. The molecule has 7 heteroatoms. The molecule has 1 fully saturated rings. The van der Waals surface area contributed by atoms with Crippen molar-refractivity contribution in [3.05, 3.63) is 41.7 Å². The molecule has 1 aromatic heterocycles. The van der Waals surface area contributed by atoms with E-state index in [-0.39, 0.29) is 17.5 Å². The van der Waals surface area contributed by atoms with Crippen molar-refractivity contribution < 1.29 is 19.4 Å². The van der Waals surface area contributed by atoms with Crippen LogP contribution < -0.4 is 5.73 Å². The number of hydrogen-bond acceptors (Lipinski definition) is 6. The lowest BCUT2D eigenvalue weighted by Crippen LogP contribution is -2.26. The lowest BCUT2D eigenvalue weighted by Gasteiger charge is -2.29. The van der Waals surface area contributed by atoms with Crippen molar-refractivity contribution in [3.63, 3.8) is 0 Å². The summed E-state index contributed by atoms with van der Waals surface area (Å²) in [5, 5.41) is 9.17. The van der Waals surface area contributed by atoms with Crippen LogP contribution in [0.4, 0.5) is 5.82 Å². The smallest absolute Gasteiger partial charge is 0.358 e. The van der Waals surface area contributed by atoms with Gasteiger partial charge < -0.3 is 15.6 Å². The molecule has 0 unspecified atom stereocenters. The Kier molecular flexibility index (Phi) is 6.39. The molecule has 0 aliphatic heterocycles. The normalized spacial score (nSPS) is 19.3. The van der Waals surface area contributed by atoms with Crippen molar-refractivity contribution in [1.82, 2.24) is 9.97 Å². The van der Waals surface area contributed by atoms with Crippen molar-refractivity contribution >= 4 is 17.8 Å². The number of ether oxygens (including phenoxy) is 1. The first-order valence-corrected chi connectivity index (χ1v) is 10.3. The van der Waals surface area contributed by atoms with Crippen LogP contribution in [0, 0.1) is 5.92 Å². The SMILES string of the molecule is CC(C)(C)OC(=O)CC1CCC(c2ccc(-c3cnc(N)c(C(=O)O)n3)cc2)CC1. The Hall–Kier alpha value is -2.96. The summed E-state index contributed by atoms with van der Waals surface area (Å²) < 4.78 is 5.44. The lowest BCUT2D eigenvalue weighted by molar-refractivity contribution is -0.156. The van der Waals surface area contributed by atoms with Crippen molar-refractivity contribution in [2.75, 3.05) is 5.73 Å². The number of aromatic carboxylic acids is 1. The molecule has 0 amide bonds. The van der Waals surface area contributed by atoms with Crippen molar-refractivity contribution in [3.8, 4) is 11.3 Å². The highest BCUT2D eigenvalue weighted by molar-refractivity contribution is 5.90. The van der Waals surface area contributed by atoms with Gasteiger partial charge in [-0.15, -0.1) is 0 Å². The van der Waals surface area contributed by atoms with E-state index in [2.05, 4.69) is 22.1 Å². The molecule has 0 saturated heterocycles. The summed E-state index contributed by atoms with van der Waals surface area (Å²) in [6.45, 7) is 5.68. The molecular formula is C23H29N3O4. The van der Waals surface area contributed by atoms with E-state index in [1.807, 2.05) is 32.9 Å². The first-order valence-electron chi connectivity index (χ1n) is 10.3. The van der Waals surface area contributed by atoms with Crippen LogP contribution in [0.2, 0.25) is 0 Å². The average molecular weight is 412 g/mol. The number of carboxylic acids is 1. The number of nitrogens with two attached hydrogens (primary N) is 1. The van der Waals surface area contributed by atoms with Gasteiger partial charge in [-0.05, 0) is 63.9 Å². The molecule has 160 valence electrons. The van der Waals surface area contributed by atoms with Crippen LogP contribution in [-0.4, -0.2) is 32.6 Å². The summed E-state index contributed by atoms with van der Waals surface area (Å²) in [6, 6.07) is 8.00. The number of aromatic nitrogens is 2. The van der Waals surface area contributed by atoms with Gasteiger partial charge in [-0.2, -0.15) is 0 Å². The fraction of sp³-hybridized carbons (Fsp3) is 0.478. The maximum Gasteiger partial charge on any atom is 0.358 e. The van der Waals surface area contributed by atoms with E-state index >= 15 is 0 Å². The van der Waals surface area contributed by atoms with Crippen molar-refractivity contribution in [1.29, 1.82) is 0 Å². The second kappa shape index (κ2) is 8.81. The first-order chi connectivity index (χ1) is 14.1. The predicted octanol–water partition coefficient (Wildman–Crippen LogP) is 4.43. The minimum Gasteiger partial charge on any atom is -0.476 e. The van der Waals surface area contributed by atoms with Crippen LogP contribution in [0.15, 0.2) is 30.5 Å². The molecule has 0 spiro atoms. The Balaban J connectivity index is 1.60. The van der Waals surface area contributed by atoms with E-state index in [0.29, 0.717) is 24.0 Å². The summed E-state index contributed by atoms with van der Waals surface area (Å²) in [6.07, 6.45) is 6.08. The Labute approximate surface area is 176 Å². The van der Waals surface area contributed by atoms with Gasteiger partial charge >= 0.3 is 11.9 Å². The fourth-order valence-electron chi connectivity index (χ4n) is 3.94. The van der Waals surface area contributed by atoms with Crippen LogP contribution in [-0.2, 0) is 9.53 Å². The van der Waals surface area contributed by atoms with Gasteiger partial charge in [-0.25, -0.2) is 14.8 Å². The topological polar surface area (TPSA) is 115 Å². The van der Waals surface area contributed by atoms with Gasteiger partial charge in [0.25, 0.3) is 0 Å². The Morgan fingerprint density at radius 1 is 1.13 bits per heavy atom. The largest absolute Gasteiger partial charge is 0.476 e. The molecule has 7 nitrogen and oxygen atoms in total. The molecule has 0 atom stereocenters. The number of anilines is 1. The fourth-order valence-corrected chi connectivity index (χ4v) is 3.94. The van der Waals surface area contributed by atoms with Crippen LogP contribution in [0.3, 0.4) is 0 Å². The summed E-state index contributed by atoms with van der Waals surface area (Å²) in [4.78, 5) is 31.3. The van der Waals surface area contributed by atoms with Crippen LogP contribution in [0.25, 0.3) is 11.3 Å². The summed E-state index contributed by atoms with van der Waals surface area (Å²) in [5.74, 6) is -0.552. The number of carbonyl (C=O) groups excluding carboxylic acids is 1. The maximum atomic E-state index is 12.1. The number of carboxylic acid groups (broad SMARTS) is 1. The standard InChI is InChI=1S/C23H29N3O4/c1-23(2,3)30-19(27)12-14-4-6-15(7-5-14)16-8-10-17(11-9-16)18-13-25-21(24)20(26-18)22(28)29/h8-11,13-15H,4-7,12H2,1-3H3,(H2,24,25)(H,28,29). The molecule has 2 aromatic rings. The maximum absolute atomic E-state index is 12.1. The quantitative estimate of drug-likeness (QED) is 0.699. The third kappa shape index (κ3) is 5.55. The van der Waals surface area contributed by atoms with Crippen LogP contribution >= 0.6 is 0 Å². The predicted molar refractivity (Wildman–Crippen MR) is 114 cm³/mol. The molecule has 3 rings (SSSR count). The zero-order chi connectivity index (χ0) is 21.9. The Bertz CT molecular complexity index is 911. The third-order valence-electron chi connectivity index (χ3n) is 5.40. The van der Waals surface area contributed by atoms with E-state index < -0.39 is 11.6 Å². The Morgan fingerprint density at radius 3 is 2.33 bits per heavy atom. The van der Waals surface area contributed by atoms with Crippen LogP contribution in [0.1, 0.15) is 74.8 Å². The number of rotatable bonds is 5. The molecule has 1 aliphatic carbocycles. The van der Waals surface area contributed by atoms with E-state index in [4.69, 9.17) is 10.5 Å². The minimum absolute atomic E-state index is 0.0917. The van der Waals surface area contributed by atoms with Gasteiger partial charge in [0, 0.05) is 12.0 Å². The van der Waals surface area contributed by atoms with E-state index in [0.717, 1.165) is 31.2 Å². The van der Waals surface area contributed by atoms with Gasteiger partial charge in [0.2, 0.25) is 0 Å². The van der Waals surface area contributed by atoms with E-state index in [9.17, 15) is 14.7 Å². The molecule has 1 saturated carbocycles. The first kappa shape index (κ1) is 21.7. The number of carbonyl (C=O) groups is 2. The summed E-state index contributed by atoms with van der Waals surface area (Å²) >= 11 is 0. The molecule has 1 heterocycles. The highest BCUT2D eigenvalue weighted by Crippen LogP contribution is 2.38. The third-order valence-corrected chi connectivity index (χ3v) is 5.40. The van der Waals surface area contributed by atoms with Gasteiger partial charge in [0.1, 0.15) is 5.60 Å². The highest BCUT2D eigenvalue weighted by atomic mass is 16.6. The number of benzene rings is 1. The second-order valence-corrected chi connectivity index (χ2v) is 8.92. The van der Waals surface area contributed by atoms with E-state index in [1.54, 1.807) is 0 Å². The molecule has 0 radical (unpaired) electrons. The minimum atomic E-state index is -1.19. The Morgan fingerprint density at radius 2 is 1.77 bits per heavy atom. The molecule has 0 bridgehead atoms. The number of nitrogen functional groups attached to an aromatic ring is 1. The van der Waals surface area contributed by atoms with E-state index in [1.165, 1.54) is 11.8 Å². The van der Waals surface area contributed by atoms with Gasteiger partial charge in [-0.3, -0.25) is 4.79 Å². The molecule has 3 N–H and O–H groups in total. The number of hydrogen-bond donors (Lipinski definition) is 2. The number of nitrogens with zero attached hydrogens (tertiary/aromatic N) is 2. The zero-order valence-corrected chi connectivity index (χ0v) is 17.7. The molecule has 1 aromatic carbocycles. The zero-order valence-electron chi connectivity index (χ0n) is 17.7. The number of esters is 1. The second-order valence-electron chi connectivity index (χ2n) is 8.92. The van der Waals surface area contributed by atoms with Gasteiger partial charge in [0.15, 0.2) is 11.5 Å². The average Bonchev–Trinajstić information content (AvgIpc) is 2.67. The monoisotopic (exact) mass is 411 g/mol. The van der Waals surface area contributed by atoms with Gasteiger partial charge in [0.05, 0.1) is 11.9 Å². The van der Waals surface area contributed by atoms with Gasteiger partial charge in [-0.1, -0.05) is 24.3 Å². The summed E-state index contributed by atoms with van der Waals surface area (Å²) in [7, 11) is 0. The van der Waals surface area contributed by atoms with Crippen molar-refractivity contribution in [2.45, 2.75) is 64.4 Å². The summed E-state index contributed by atoms with van der Waals surface area (Å²) in [5.41, 5.74) is 7.43.